The van der Waals surface area contributed by atoms with Gasteiger partial charge in [-0.25, -0.2) is 13.6 Å². The van der Waals surface area contributed by atoms with Crippen molar-refractivity contribution >= 4 is 11.9 Å². The van der Waals surface area contributed by atoms with Crippen LogP contribution in [0.15, 0.2) is 30.3 Å². The molecule has 1 aliphatic rings. The molecule has 0 radical (unpaired) electrons. The van der Waals surface area contributed by atoms with Crippen LogP contribution in [-0.2, 0) is 16.9 Å². The van der Waals surface area contributed by atoms with E-state index < -0.39 is 29.1 Å². The average Bonchev–Trinajstić information content (AvgIpc) is 2.88. The third-order valence-corrected chi connectivity index (χ3v) is 4.91. The number of aryl methyl sites for hydroxylation is 1. The molecule has 1 saturated heterocycles. The molecule has 3 rings (SSSR count). The summed E-state index contributed by atoms with van der Waals surface area (Å²) in [6, 6.07) is 5.51. The fourth-order valence-electron chi connectivity index (χ4n) is 3.27. The third kappa shape index (κ3) is 3.15. The summed E-state index contributed by atoms with van der Waals surface area (Å²) >= 11 is 0. The number of ether oxygens (including phenoxy) is 2. The van der Waals surface area contributed by atoms with Crippen molar-refractivity contribution in [2.45, 2.75) is 25.9 Å². The number of methoxy groups -OCH3 is 2. The Morgan fingerprint density at radius 1 is 1.07 bits per heavy atom. The van der Waals surface area contributed by atoms with Crippen LogP contribution in [-0.4, -0.2) is 31.1 Å². The molecule has 0 unspecified atom stereocenters. The molecule has 1 heterocycles. The van der Waals surface area contributed by atoms with Crippen LogP contribution in [0.4, 0.5) is 13.6 Å². The highest BCUT2D eigenvalue weighted by Crippen LogP contribution is 2.34. The molecule has 2 aromatic rings. The molecule has 3 amide bonds. The van der Waals surface area contributed by atoms with Crippen LogP contribution in [0.1, 0.15) is 23.6 Å². The fraction of sp³-hybridized carbons (Fsp3) is 0.300. The number of halogens is 2. The minimum absolute atomic E-state index is 0.0522. The van der Waals surface area contributed by atoms with E-state index in [0.717, 1.165) is 28.7 Å². The highest BCUT2D eigenvalue weighted by molar-refractivity contribution is 6.07. The van der Waals surface area contributed by atoms with Gasteiger partial charge in [0.05, 0.1) is 20.8 Å². The minimum Gasteiger partial charge on any atom is -0.493 e. The first-order valence-corrected chi connectivity index (χ1v) is 8.52. The maximum absolute atomic E-state index is 14.2. The molecule has 0 spiro atoms. The maximum atomic E-state index is 14.2. The molecular formula is C20H20F2N2O4. The Labute approximate surface area is 161 Å². The smallest absolute Gasteiger partial charge is 0.325 e. The van der Waals surface area contributed by atoms with Gasteiger partial charge in [-0.3, -0.25) is 9.69 Å². The van der Waals surface area contributed by atoms with Crippen LogP contribution >= 0.6 is 0 Å². The predicted molar refractivity (Wildman–Crippen MR) is 97.1 cm³/mol. The zero-order valence-corrected chi connectivity index (χ0v) is 15.9. The first-order valence-electron chi connectivity index (χ1n) is 8.52. The Morgan fingerprint density at radius 2 is 1.71 bits per heavy atom. The maximum Gasteiger partial charge on any atom is 0.325 e. The highest BCUT2D eigenvalue weighted by Gasteiger charge is 2.50. The summed E-state index contributed by atoms with van der Waals surface area (Å²) in [7, 11) is 2.99. The summed E-state index contributed by atoms with van der Waals surface area (Å²) in [5, 5.41) is 2.48. The van der Waals surface area contributed by atoms with E-state index in [-0.39, 0.29) is 12.1 Å². The number of hydrogen-bond donors (Lipinski definition) is 1. The van der Waals surface area contributed by atoms with Gasteiger partial charge in [-0.2, -0.15) is 0 Å². The van der Waals surface area contributed by atoms with Crippen molar-refractivity contribution in [1.29, 1.82) is 0 Å². The van der Waals surface area contributed by atoms with Gasteiger partial charge < -0.3 is 14.8 Å². The van der Waals surface area contributed by atoms with E-state index in [1.807, 2.05) is 0 Å². The largest absolute Gasteiger partial charge is 0.493 e. The Kier molecular flexibility index (Phi) is 4.97. The van der Waals surface area contributed by atoms with Crippen molar-refractivity contribution in [2.75, 3.05) is 14.2 Å². The molecule has 148 valence electrons. The number of nitrogens with one attached hydrogen (secondary N) is 1. The first-order chi connectivity index (χ1) is 13.2. The lowest BCUT2D eigenvalue weighted by Crippen LogP contribution is -2.41. The lowest BCUT2D eigenvalue weighted by atomic mass is 9.91. The molecule has 1 N–H and O–H groups in total. The second kappa shape index (κ2) is 7.10. The van der Waals surface area contributed by atoms with Crippen LogP contribution in [0.2, 0.25) is 0 Å². The van der Waals surface area contributed by atoms with Crippen molar-refractivity contribution in [3.63, 3.8) is 0 Å². The van der Waals surface area contributed by atoms with Gasteiger partial charge in [0.15, 0.2) is 11.5 Å². The molecule has 6 nitrogen and oxygen atoms in total. The van der Waals surface area contributed by atoms with Gasteiger partial charge in [-0.15, -0.1) is 0 Å². The molecule has 0 aliphatic carbocycles. The Balaban J connectivity index is 1.96. The number of carbonyl (C=O) groups is 2. The van der Waals surface area contributed by atoms with Crippen LogP contribution in [0.5, 0.6) is 11.5 Å². The average molecular weight is 390 g/mol. The molecule has 1 atom stereocenters. The number of nitrogens with zero attached hydrogens (tertiary/aromatic N) is 1. The number of carbonyl (C=O) groups excluding carboxylic acids is 2. The van der Waals surface area contributed by atoms with E-state index in [0.29, 0.717) is 17.1 Å². The zero-order chi connectivity index (χ0) is 20.6. The normalized spacial score (nSPS) is 19.0. The third-order valence-electron chi connectivity index (χ3n) is 4.91. The minimum atomic E-state index is -1.70. The van der Waals surface area contributed by atoms with Gasteiger partial charge in [0.1, 0.15) is 17.2 Å². The number of rotatable bonds is 5. The number of amides is 3. The van der Waals surface area contributed by atoms with Crippen LogP contribution in [0.3, 0.4) is 0 Å². The molecule has 2 aromatic carbocycles. The van der Waals surface area contributed by atoms with Gasteiger partial charge in [0.2, 0.25) is 0 Å². The molecule has 1 fully saturated rings. The molecule has 8 heteroatoms. The molecule has 0 aromatic heterocycles. The molecule has 1 aliphatic heterocycles. The SMILES string of the molecule is COc1cc(C)c(CN2C(=O)N[C@](C)(c3cc(F)ccc3F)C2=O)cc1OC. The Bertz CT molecular complexity index is 963. The fourth-order valence-corrected chi connectivity index (χ4v) is 3.27. The van der Waals surface area contributed by atoms with Crippen molar-refractivity contribution in [2.24, 2.45) is 0 Å². The van der Waals surface area contributed by atoms with Gasteiger partial charge >= 0.3 is 6.03 Å². The van der Waals surface area contributed by atoms with E-state index in [4.69, 9.17) is 9.47 Å². The first kappa shape index (κ1) is 19.6. The summed E-state index contributed by atoms with van der Waals surface area (Å²) < 4.78 is 38.4. The topological polar surface area (TPSA) is 67.9 Å². The monoisotopic (exact) mass is 390 g/mol. The van der Waals surface area contributed by atoms with Crippen molar-refractivity contribution in [3.8, 4) is 11.5 Å². The number of hydrogen-bond acceptors (Lipinski definition) is 4. The summed E-state index contributed by atoms with van der Waals surface area (Å²) in [5.41, 5.74) is -0.487. The Hall–Kier alpha value is -3.16. The summed E-state index contributed by atoms with van der Waals surface area (Å²) in [4.78, 5) is 26.4. The van der Waals surface area contributed by atoms with Gasteiger partial charge in [-0.05, 0) is 55.3 Å². The molecule has 0 bridgehead atoms. The highest BCUT2D eigenvalue weighted by atomic mass is 19.1. The van der Waals surface area contributed by atoms with E-state index in [1.165, 1.54) is 21.1 Å². The van der Waals surface area contributed by atoms with Crippen LogP contribution in [0.25, 0.3) is 0 Å². The van der Waals surface area contributed by atoms with E-state index in [1.54, 1.807) is 19.1 Å². The zero-order valence-electron chi connectivity index (χ0n) is 15.9. The second-order valence-electron chi connectivity index (χ2n) is 6.70. The summed E-state index contributed by atoms with van der Waals surface area (Å²) in [6.07, 6.45) is 0. The number of imide groups is 1. The van der Waals surface area contributed by atoms with Crippen LogP contribution in [0, 0.1) is 18.6 Å². The lowest BCUT2D eigenvalue weighted by molar-refractivity contribution is -0.131. The van der Waals surface area contributed by atoms with Gasteiger partial charge in [0, 0.05) is 5.56 Å². The quantitative estimate of drug-likeness (QED) is 0.796. The number of urea groups is 1. The molecular weight excluding hydrogens is 370 g/mol. The second-order valence-corrected chi connectivity index (χ2v) is 6.70. The summed E-state index contributed by atoms with van der Waals surface area (Å²) in [6.45, 7) is 3.11. The number of benzene rings is 2. The predicted octanol–water partition coefficient (Wildman–Crippen LogP) is 3.26. The molecule has 0 saturated carbocycles. The van der Waals surface area contributed by atoms with E-state index in [2.05, 4.69) is 5.32 Å². The van der Waals surface area contributed by atoms with Gasteiger partial charge in [-0.1, -0.05) is 0 Å². The van der Waals surface area contributed by atoms with Crippen LogP contribution < -0.4 is 14.8 Å². The standard InChI is InChI=1S/C20H20F2N2O4/c1-11-7-16(27-3)17(28-4)8-12(11)10-24-18(25)20(2,23-19(24)26)14-9-13(21)5-6-15(14)22/h5-9H,10H2,1-4H3,(H,23,26)/t20-/m1/s1. The van der Waals surface area contributed by atoms with Crippen molar-refractivity contribution in [1.82, 2.24) is 10.2 Å². The van der Waals surface area contributed by atoms with Crippen molar-refractivity contribution in [3.05, 3.63) is 58.7 Å². The Morgan fingerprint density at radius 3 is 2.36 bits per heavy atom. The van der Waals surface area contributed by atoms with Gasteiger partial charge in [0.25, 0.3) is 5.91 Å². The molecule has 28 heavy (non-hydrogen) atoms. The summed E-state index contributed by atoms with van der Waals surface area (Å²) in [5.74, 6) is -1.17. The van der Waals surface area contributed by atoms with E-state index in [9.17, 15) is 18.4 Å². The lowest BCUT2D eigenvalue weighted by Gasteiger charge is -2.23. The van der Waals surface area contributed by atoms with Crippen molar-refractivity contribution < 1.29 is 27.8 Å². The van der Waals surface area contributed by atoms with E-state index >= 15 is 0 Å².